The highest BCUT2D eigenvalue weighted by atomic mass is 19.1. The number of hydrogen-bond acceptors (Lipinski definition) is 5. The molecule has 0 aliphatic carbocycles. The number of nitrogens with one attached hydrogen (secondary N) is 1. The number of carbonyl (C=O) groups excluding carboxylic acids is 2. The third-order valence-corrected chi connectivity index (χ3v) is 5.82. The molecule has 1 aromatic carbocycles. The quantitative estimate of drug-likeness (QED) is 0.672. The van der Waals surface area contributed by atoms with E-state index in [1.165, 1.54) is 17.0 Å². The molecule has 0 spiro atoms. The molecular weight excluding hydrogens is 439 g/mol. The highest BCUT2D eigenvalue weighted by Gasteiger charge is 2.34. The van der Waals surface area contributed by atoms with Crippen LogP contribution in [0, 0.1) is 11.7 Å². The molecule has 1 aromatic heterocycles. The molecule has 0 bridgehead atoms. The van der Waals surface area contributed by atoms with Gasteiger partial charge in [0.05, 0.1) is 24.9 Å². The smallest absolute Gasteiger partial charge is 0.321 e. The van der Waals surface area contributed by atoms with Gasteiger partial charge in [0, 0.05) is 25.7 Å². The van der Waals surface area contributed by atoms with Crippen molar-refractivity contribution >= 4 is 23.7 Å². The molecule has 1 aliphatic rings. The Morgan fingerprint density at radius 2 is 2.18 bits per heavy atom. The van der Waals surface area contributed by atoms with Crippen molar-refractivity contribution < 1.29 is 23.8 Å². The first-order valence-corrected chi connectivity index (χ1v) is 11.2. The Hall–Kier alpha value is -3.46. The predicted molar refractivity (Wildman–Crippen MR) is 128 cm³/mol. The Kier molecular flexibility index (Phi) is 8.22. The molecule has 1 aliphatic heterocycles. The number of aliphatic hydroxyl groups is 1. The lowest BCUT2D eigenvalue weighted by Crippen LogP contribution is -2.50. The molecule has 0 fully saturated rings. The van der Waals surface area contributed by atoms with Crippen molar-refractivity contribution in [3.63, 3.8) is 0 Å². The van der Waals surface area contributed by atoms with Crippen molar-refractivity contribution in [2.45, 2.75) is 32.9 Å². The highest BCUT2D eigenvalue weighted by Crippen LogP contribution is 2.28. The third kappa shape index (κ3) is 5.72. The number of halogens is 1. The number of carbonyl (C=O) groups is 2. The van der Waals surface area contributed by atoms with Gasteiger partial charge in [-0.2, -0.15) is 0 Å². The van der Waals surface area contributed by atoms with Gasteiger partial charge in [0.15, 0.2) is 0 Å². The van der Waals surface area contributed by atoms with Gasteiger partial charge in [0.2, 0.25) is 5.88 Å². The molecule has 0 saturated carbocycles. The number of aliphatic hydroxyl groups excluding tert-OH is 1. The largest absolute Gasteiger partial charge is 0.472 e. The van der Waals surface area contributed by atoms with Gasteiger partial charge in [-0.25, -0.2) is 14.2 Å². The second-order valence-electron chi connectivity index (χ2n) is 8.53. The number of allylic oxidation sites excluding steroid dienone is 1. The second kappa shape index (κ2) is 11.1. The van der Waals surface area contributed by atoms with Gasteiger partial charge >= 0.3 is 6.03 Å². The lowest BCUT2D eigenvalue weighted by molar-refractivity contribution is 0.0356. The van der Waals surface area contributed by atoms with Gasteiger partial charge in [-0.1, -0.05) is 31.2 Å². The molecule has 3 atom stereocenters. The van der Waals surface area contributed by atoms with Crippen molar-refractivity contribution in [3.8, 4) is 5.88 Å². The fraction of sp³-hybridized carbons (Fsp3) is 0.400. The van der Waals surface area contributed by atoms with Gasteiger partial charge in [-0.15, -0.1) is 0 Å². The average Bonchev–Trinajstić information content (AvgIpc) is 2.82. The molecule has 3 amide bonds. The van der Waals surface area contributed by atoms with Crippen molar-refractivity contribution in [1.29, 1.82) is 0 Å². The summed E-state index contributed by atoms with van der Waals surface area (Å²) >= 11 is 0. The molecule has 34 heavy (non-hydrogen) atoms. The Morgan fingerprint density at radius 1 is 1.44 bits per heavy atom. The van der Waals surface area contributed by atoms with Gasteiger partial charge in [-0.3, -0.25) is 4.79 Å². The van der Waals surface area contributed by atoms with Crippen molar-refractivity contribution in [2.24, 2.45) is 5.92 Å². The number of rotatable bonds is 6. The average molecular weight is 471 g/mol. The third-order valence-electron chi connectivity index (χ3n) is 5.82. The molecule has 2 aromatic rings. The zero-order chi connectivity index (χ0) is 24.8. The topological polar surface area (TPSA) is 95.0 Å². The SMILES string of the molecule is C/C=C/c1cnc2c(c1)C(=O)N([C@@H](C)CO)C[C@@H](C)[C@@H](CN(C)C(=O)Nc1ccccc1F)O2. The minimum Gasteiger partial charge on any atom is -0.472 e. The van der Waals surface area contributed by atoms with E-state index in [1.807, 2.05) is 26.0 Å². The van der Waals surface area contributed by atoms with Crippen molar-refractivity contribution in [1.82, 2.24) is 14.8 Å². The number of pyridine rings is 1. The predicted octanol–water partition coefficient (Wildman–Crippen LogP) is 3.64. The molecule has 2 N–H and O–H groups in total. The molecule has 8 nitrogen and oxygen atoms in total. The van der Waals surface area contributed by atoms with Crippen LogP contribution >= 0.6 is 0 Å². The van der Waals surface area contributed by atoms with E-state index < -0.39 is 24.0 Å². The summed E-state index contributed by atoms with van der Waals surface area (Å²) in [6.45, 7) is 5.87. The summed E-state index contributed by atoms with van der Waals surface area (Å²) in [4.78, 5) is 33.4. The summed E-state index contributed by atoms with van der Waals surface area (Å²) < 4.78 is 20.1. The summed E-state index contributed by atoms with van der Waals surface area (Å²) in [7, 11) is 1.59. The number of anilines is 1. The number of benzene rings is 1. The first-order chi connectivity index (χ1) is 16.2. The summed E-state index contributed by atoms with van der Waals surface area (Å²) in [6.07, 6.45) is 4.79. The maximum Gasteiger partial charge on any atom is 0.321 e. The molecule has 0 unspecified atom stereocenters. The van der Waals surface area contributed by atoms with Gasteiger partial charge in [0.25, 0.3) is 5.91 Å². The normalized spacial score (nSPS) is 19.1. The number of ether oxygens (including phenoxy) is 1. The van der Waals surface area contributed by atoms with Crippen LogP contribution in [-0.4, -0.2) is 70.7 Å². The number of amides is 3. The highest BCUT2D eigenvalue weighted by molar-refractivity contribution is 5.97. The Balaban J connectivity index is 1.87. The minimum atomic E-state index is -0.526. The van der Waals surface area contributed by atoms with Crippen LogP contribution in [0.3, 0.4) is 0 Å². The fourth-order valence-corrected chi connectivity index (χ4v) is 3.75. The molecule has 9 heteroatoms. The number of aromatic nitrogens is 1. The maximum atomic E-state index is 13.9. The van der Waals surface area contributed by atoms with E-state index in [0.29, 0.717) is 12.1 Å². The Bertz CT molecular complexity index is 1060. The van der Waals surface area contributed by atoms with Crippen molar-refractivity contribution in [2.75, 3.05) is 32.1 Å². The van der Waals surface area contributed by atoms with Crippen LogP contribution in [0.1, 0.15) is 36.7 Å². The van der Waals surface area contributed by atoms with E-state index in [1.54, 1.807) is 43.3 Å². The van der Waals surface area contributed by atoms with Crippen LogP contribution in [0.15, 0.2) is 42.6 Å². The van der Waals surface area contributed by atoms with E-state index in [0.717, 1.165) is 5.56 Å². The monoisotopic (exact) mass is 470 g/mol. The lowest BCUT2D eigenvalue weighted by atomic mass is 10.00. The first kappa shape index (κ1) is 25.2. The van der Waals surface area contributed by atoms with E-state index >= 15 is 0 Å². The Morgan fingerprint density at radius 3 is 2.85 bits per heavy atom. The van der Waals surface area contributed by atoms with Crippen LogP contribution in [0.4, 0.5) is 14.9 Å². The van der Waals surface area contributed by atoms with Crippen molar-refractivity contribution in [3.05, 3.63) is 59.5 Å². The van der Waals surface area contributed by atoms with Crippen LogP contribution in [0.5, 0.6) is 5.88 Å². The van der Waals surface area contributed by atoms with Crippen LogP contribution in [0.25, 0.3) is 6.08 Å². The second-order valence-corrected chi connectivity index (χ2v) is 8.53. The molecule has 0 saturated heterocycles. The molecule has 182 valence electrons. The summed E-state index contributed by atoms with van der Waals surface area (Å²) in [5, 5.41) is 12.3. The number of hydrogen-bond donors (Lipinski definition) is 2. The van der Waals surface area contributed by atoms with E-state index in [4.69, 9.17) is 4.74 Å². The van der Waals surface area contributed by atoms with Crippen LogP contribution < -0.4 is 10.1 Å². The number of urea groups is 1. The molecule has 3 rings (SSSR count). The maximum absolute atomic E-state index is 13.9. The molecule has 2 heterocycles. The number of para-hydroxylation sites is 1. The minimum absolute atomic E-state index is 0.0862. The first-order valence-electron chi connectivity index (χ1n) is 11.2. The zero-order valence-electron chi connectivity index (χ0n) is 19.9. The number of nitrogens with zero attached hydrogens (tertiary/aromatic N) is 3. The number of likely N-dealkylation sites (N-methyl/N-ethyl adjacent to an activating group) is 1. The van der Waals surface area contributed by atoms with Crippen LogP contribution in [0.2, 0.25) is 0 Å². The standard InChI is InChI=1S/C25H31FN4O4/c1-5-8-18-11-19-23(27-12-18)34-22(16(2)13-30(24(19)32)17(3)15-31)14-29(4)25(33)28-21-10-7-6-9-20(21)26/h5-12,16-17,22,31H,13-15H2,1-4H3,(H,28,33)/b8-5+/t16-,17+,22-/m1/s1. The number of fused-ring (bicyclic) bond motifs is 1. The van der Waals surface area contributed by atoms with Crippen LogP contribution in [-0.2, 0) is 0 Å². The summed E-state index contributed by atoms with van der Waals surface area (Å²) in [5.74, 6) is -0.812. The Labute approximate surface area is 199 Å². The fourth-order valence-electron chi connectivity index (χ4n) is 3.75. The van der Waals surface area contributed by atoms with E-state index in [-0.39, 0.29) is 36.5 Å². The molecular formula is C25H31FN4O4. The summed E-state index contributed by atoms with van der Waals surface area (Å²) in [5.41, 5.74) is 1.13. The van der Waals surface area contributed by atoms with Gasteiger partial charge < -0.3 is 25.0 Å². The van der Waals surface area contributed by atoms with E-state index in [9.17, 15) is 19.1 Å². The van der Waals surface area contributed by atoms with E-state index in [2.05, 4.69) is 10.3 Å². The zero-order valence-corrected chi connectivity index (χ0v) is 19.9. The lowest BCUT2D eigenvalue weighted by Gasteiger charge is -2.37. The summed E-state index contributed by atoms with van der Waals surface area (Å²) in [6, 6.07) is 6.75. The van der Waals surface area contributed by atoms with Gasteiger partial charge in [-0.05, 0) is 37.6 Å². The molecule has 0 radical (unpaired) electrons. The van der Waals surface area contributed by atoms with Gasteiger partial charge in [0.1, 0.15) is 17.5 Å².